The van der Waals surface area contributed by atoms with Gasteiger partial charge in [0.15, 0.2) is 0 Å². The molecule has 3 aromatic carbocycles. The zero-order valence-corrected chi connectivity index (χ0v) is 18.4. The minimum atomic E-state index is 0.228. The minimum Gasteiger partial charge on any atom is -0.457 e. The van der Waals surface area contributed by atoms with Crippen molar-refractivity contribution in [2.24, 2.45) is 15.9 Å². The molecule has 0 aliphatic heterocycles. The van der Waals surface area contributed by atoms with Crippen molar-refractivity contribution in [1.29, 1.82) is 0 Å². The molecule has 1 aromatic heterocycles. The lowest BCUT2D eigenvalue weighted by Crippen LogP contribution is -2.17. The van der Waals surface area contributed by atoms with Gasteiger partial charge >= 0.3 is 0 Å². The molecular weight excluding hydrogens is 416 g/mol. The van der Waals surface area contributed by atoms with Crippen LogP contribution in [0, 0.1) is 6.92 Å². The number of fused-ring (bicyclic) bond motifs is 1. The van der Waals surface area contributed by atoms with Crippen LogP contribution in [-0.4, -0.2) is 35.7 Å². The number of hydrogen-bond donors (Lipinski definition) is 2. The molecule has 0 radical (unpaired) electrons. The second-order valence-electron chi connectivity index (χ2n) is 7.29. The highest BCUT2D eigenvalue weighted by molar-refractivity contribution is 5.95. The maximum absolute atomic E-state index is 5.97. The lowest BCUT2D eigenvalue weighted by molar-refractivity contribution is 0.244. The van der Waals surface area contributed by atoms with Crippen LogP contribution in [-0.2, 0) is 4.74 Å². The Morgan fingerprint density at radius 2 is 1.91 bits per heavy atom. The number of rotatable bonds is 8. The summed E-state index contributed by atoms with van der Waals surface area (Å²) in [5.74, 6) is 2.58. The van der Waals surface area contributed by atoms with E-state index in [1.807, 2.05) is 73.7 Å². The number of anilines is 2. The first-order valence-electron chi connectivity index (χ1n) is 10.3. The molecule has 0 atom stereocenters. The summed E-state index contributed by atoms with van der Waals surface area (Å²) in [6.45, 7) is 2.23. The number of aromatic nitrogens is 2. The van der Waals surface area contributed by atoms with Gasteiger partial charge in [-0.3, -0.25) is 0 Å². The molecule has 33 heavy (non-hydrogen) atoms. The molecule has 4 rings (SSSR count). The molecule has 0 amide bonds. The van der Waals surface area contributed by atoms with Gasteiger partial charge < -0.3 is 20.5 Å². The van der Waals surface area contributed by atoms with Gasteiger partial charge in [-0.05, 0) is 60.5 Å². The first kappa shape index (κ1) is 21.9. The summed E-state index contributed by atoms with van der Waals surface area (Å²) in [6, 6.07) is 21.4. The normalized spacial score (nSPS) is 11.8. The standard InChI is InChI=1S/C25H24N6O2/c1-17-12-19(9-11-23(17)33-20-6-4-3-5-7-20)30-25-21-13-18(8-10-22(21)27-16-28-25)14-29-31-24(26)15-32-2/h3-14,16H,15H2,1-2H3,(H2,26,31)(H,27,28,30). The van der Waals surface area contributed by atoms with Crippen molar-refractivity contribution in [3.63, 3.8) is 0 Å². The van der Waals surface area contributed by atoms with E-state index in [9.17, 15) is 0 Å². The number of ether oxygens (including phenoxy) is 2. The van der Waals surface area contributed by atoms with Crippen molar-refractivity contribution >= 4 is 34.5 Å². The molecule has 0 unspecified atom stereocenters. The summed E-state index contributed by atoms with van der Waals surface area (Å²) < 4.78 is 10.9. The van der Waals surface area contributed by atoms with Gasteiger partial charge in [-0.25, -0.2) is 9.97 Å². The van der Waals surface area contributed by atoms with E-state index in [0.717, 1.165) is 39.2 Å². The SMILES string of the molecule is COC/C(N)=N/N=Cc1ccc2ncnc(Nc3ccc(Oc4ccccc4)c(C)c3)c2c1. The molecule has 0 saturated heterocycles. The zero-order valence-electron chi connectivity index (χ0n) is 18.4. The first-order valence-corrected chi connectivity index (χ1v) is 10.3. The quantitative estimate of drug-likeness (QED) is 0.231. The van der Waals surface area contributed by atoms with Crippen LogP contribution >= 0.6 is 0 Å². The maximum Gasteiger partial charge on any atom is 0.148 e. The van der Waals surface area contributed by atoms with Gasteiger partial charge in [0.1, 0.15) is 36.1 Å². The highest BCUT2D eigenvalue weighted by atomic mass is 16.5. The van der Waals surface area contributed by atoms with Gasteiger partial charge in [-0.15, -0.1) is 5.10 Å². The van der Waals surface area contributed by atoms with Crippen LogP contribution in [0.1, 0.15) is 11.1 Å². The third kappa shape index (κ3) is 5.69. The van der Waals surface area contributed by atoms with Crippen LogP contribution in [0.5, 0.6) is 11.5 Å². The van der Waals surface area contributed by atoms with Crippen molar-refractivity contribution in [2.75, 3.05) is 19.0 Å². The number of methoxy groups -OCH3 is 1. The van der Waals surface area contributed by atoms with E-state index >= 15 is 0 Å². The number of hydrogen-bond acceptors (Lipinski definition) is 7. The molecule has 0 aliphatic carbocycles. The van der Waals surface area contributed by atoms with Crippen molar-refractivity contribution in [3.05, 3.63) is 84.2 Å². The van der Waals surface area contributed by atoms with Crippen LogP contribution in [0.15, 0.2) is 83.3 Å². The Hall–Kier alpha value is -4.30. The number of benzene rings is 3. The molecule has 1 heterocycles. The van der Waals surface area contributed by atoms with Crippen LogP contribution in [0.4, 0.5) is 11.5 Å². The van der Waals surface area contributed by atoms with Crippen LogP contribution in [0.25, 0.3) is 10.9 Å². The highest BCUT2D eigenvalue weighted by Crippen LogP contribution is 2.29. The van der Waals surface area contributed by atoms with Gasteiger partial charge in [0, 0.05) is 18.2 Å². The molecule has 0 spiro atoms. The first-order chi connectivity index (χ1) is 16.1. The van der Waals surface area contributed by atoms with Gasteiger partial charge in [0.25, 0.3) is 0 Å². The Labute approximate surface area is 191 Å². The second kappa shape index (κ2) is 10.3. The average molecular weight is 441 g/mol. The van der Waals surface area contributed by atoms with Crippen molar-refractivity contribution in [1.82, 2.24) is 9.97 Å². The molecular formula is C25H24N6O2. The Morgan fingerprint density at radius 1 is 1.06 bits per heavy atom. The number of nitrogens with two attached hydrogens (primary N) is 1. The molecule has 0 aliphatic rings. The fraction of sp³-hybridized carbons (Fsp3) is 0.120. The Balaban J connectivity index is 1.56. The minimum absolute atomic E-state index is 0.228. The summed E-state index contributed by atoms with van der Waals surface area (Å²) in [7, 11) is 1.55. The molecule has 0 saturated carbocycles. The number of para-hydroxylation sites is 1. The van der Waals surface area contributed by atoms with Crippen LogP contribution in [0.3, 0.4) is 0 Å². The number of nitrogens with one attached hydrogen (secondary N) is 1. The summed E-state index contributed by atoms with van der Waals surface area (Å²) in [5, 5.41) is 12.2. The lowest BCUT2D eigenvalue weighted by Gasteiger charge is -2.12. The topological polar surface area (TPSA) is 107 Å². The van der Waals surface area contributed by atoms with Crippen molar-refractivity contribution in [2.45, 2.75) is 6.92 Å². The predicted molar refractivity (Wildman–Crippen MR) is 132 cm³/mol. The molecule has 8 heteroatoms. The van der Waals surface area contributed by atoms with Crippen LogP contribution < -0.4 is 15.8 Å². The number of nitrogens with zero attached hydrogens (tertiary/aromatic N) is 4. The van der Waals surface area contributed by atoms with E-state index in [1.165, 1.54) is 6.33 Å². The lowest BCUT2D eigenvalue weighted by atomic mass is 10.1. The van der Waals surface area contributed by atoms with Gasteiger partial charge in [-0.1, -0.05) is 24.3 Å². The van der Waals surface area contributed by atoms with E-state index in [4.69, 9.17) is 15.2 Å². The van der Waals surface area contributed by atoms with Crippen molar-refractivity contribution < 1.29 is 9.47 Å². The van der Waals surface area contributed by atoms with Gasteiger partial charge in [0.05, 0.1) is 11.7 Å². The fourth-order valence-corrected chi connectivity index (χ4v) is 3.19. The van der Waals surface area contributed by atoms with E-state index in [1.54, 1.807) is 13.3 Å². The van der Waals surface area contributed by atoms with Crippen molar-refractivity contribution in [3.8, 4) is 11.5 Å². The highest BCUT2D eigenvalue weighted by Gasteiger charge is 2.08. The van der Waals surface area contributed by atoms with E-state index in [2.05, 4.69) is 25.5 Å². The molecule has 3 N–H and O–H groups in total. The second-order valence-corrected chi connectivity index (χ2v) is 7.29. The Kier molecular flexibility index (Phi) is 6.87. The van der Waals surface area contributed by atoms with E-state index < -0.39 is 0 Å². The number of aryl methyl sites for hydroxylation is 1. The van der Waals surface area contributed by atoms with Gasteiger partial charge in [0.2, 0.25) is 0 Å². The molecule has 0 bridgehead atoms. The third-order valence-electron chi connectivity index (χ3n) is 4.75. The average Bonchev–Trinajstić information content (AvgIpc) is 2.82. The Bertz CT molecular complexity index is 1310. The molecule has 166 valence electrons. The van der Waals surface area contributed by atoms with Crippen LogP contribution in [0.2, 0.25) is 0 Å². The maximum atomic E-state index is 5.97. The van der Waals surface area contributed by atoms with E-state index in [-0.39, 0.29) is 6.61 Å². The molecule has 8 nitrogen and oxygen atoms in total. The fourth-order valence-electron chi connectivity index (χ4n) is 3.19. The number of amidine groups is 1. The smallest absolute Gasteiger partial charge is 0.148 e. The summed E-state index contributed by atoms with van der Waals surface area (Å²) in [5.41, 5.74) is 9.24. The largest absolute Gasteiger partial charge is 0.457 e. The summed E-state index contributed by atoms with van der Waals surface area (Å²) >= 11 is 0. The zero-order chi connectivity index (χ0) is 23.0. The summed E-state index contributed by atoms with van der Waals surface area (Å²) in [6.07, 6.45) is 3.16. The summed E-state index contributed by atoms with van der Waals surface area (Å²) in [4.78, 5) is 8.79. The Morgan fingerprint density at radius 3 is 2.70 bits per heavy atom. The van der Waals surface area contributed by atoms with E-state index in [0.29, 0.717) is 11.7 Å². The van der Waals surface area contributed by atoms with Gasteiger partial charge in [-0.2, -0.15) is 5.10 Å². The molecule has 0 fully saturated rings. The third-order valence-corrected chi connectivity index (χ3v) is 4.75. The predicted octanol–water partition coefficient (Wildman–Crippen LogP) is 4.81. The molecule has 4 aromatic rings. The monoisotopic (exact) mass is 440 g/mol.